The number of carbonyl (C=O) groups is 1. The molecule has 1 heterocycles. The van der Waals surface area contributed by atoms with Crippen LogP contribution in [0.2, 0.25) is 0 Å². The number of rotatable bonds is 3. The summed E-state index contributed by atoms with van der Waals surface area (Å²) < 4.78 is 44.5. The summed E-state index contributed by atoms with van der Waals surface area (Å²) in [5, 5.41) is 0. The molecule has 0 bridgehead atoms. The van der Waals surface area contributed by atoms with E-state index >= 15 is 0 Å². The van der Waals surface area contributed by atoms with Gasteiger partial charge in [-0.3, -0.25) is 4.79 Å². The maximum atomic E-state index is 13.6. The largest absolute Gasteiger partial charge is 0.469 e. The van der Waals surface area contributed by atoms with E-state index < -0.39 is 27.7 Å². The molecule has 1 aromatic rings. The molecule has 1 aliphatic heterocycles. The standard InChI is InChI=1S/C14H18FNO4S/c1-10-5-6-12(8-13(10)15)21(18,19)16-7-3-4-11(9-16)14(17)20-2/h5-6,8,11H,3-4,7,9H2,1-2H3. The number of sulfonamides is 1. The Hall–Kier alpha value is -1.47. The van der Waals surface area contributed by atoms with Crippen LogP contribution in [-0.4, -0.2) is 38.9 Å². The maximum absolute atomic E-state index is 13.6. The van der Waals surface area contributed by atoms with Crippen molar-refractivity contribution < 1.29 is 22.3 Å². The van der Waals surface area contributed by atoms with Crippen LogP contribution in [0.5, 0.6) is 0 Å². The topological polar surface area (TPSA) is 63.7 Å². The molecule has 1 aliphatic rings. The SMILES string of the molecule is COC(=O)C1CCCN(S(=O)(=O)c2ccc(C)c(F)c2)C1. The minimum Gasteiger partial charge on any atom is -0.469 e. The molecule has 0 N–H and O–H groups in total. The number of hydrogen-bond acceptors (Lipinski definition) is 4. The number of benzene rings is 1. The average molecular weight is 315 g/mol. The van der Waals surface area contributed by atoms with Gasteiger partial charge in [0.05, 0.1) is 17.9 Å². The highest BCUT2D eigenvalue weighted by molar-refractivity contribution is 7.89. The van der Waals surface area contributed by atoms with Crippen molar-refractivity contribution in [3.05, 3.63) is 29.6 Å². The quantitative estimate of drug-likeness (QED) is 0.797. The van der Waals surface area contributed by atoms with Gasteiger partial charge in [0.25, 0.3) is 0 Å². The van der Waals surface area contributed by atoms with Crippen LogP contribution in [0, 0.1) is 18.7 Å². The molecule has 5 nitrogen and oxygen atoms in total. The van der Waals surface area contributed by atoms with E-state index in [-0.39, 0.29) is 11.4 Å². The number of nitrogens with zero attached hydrogens (tertiary/aromatic N) is 1. The van der Waals surface area contributed by atoms with Crippen molar-refractivity contribution in [1.29, 1.82) is 0 Å². The third-order valence-corrected chi connectivity index (χ3v) is 5.56. The number of hydrogen-bond donors (Lipinski definition) is 0. The zero-order chi connectivity index (χ0) is 15.6. The molecular formula is C14H18FNO4S. The van der Waals surface area contributed by atoms with E-state index in [9.17, 15) is 17.6 Å². The minimum atomic E-state index is -3.79. The summed E-state index contributed by atoms with van der Waals surface area (Å²) in [6.07, 6.45) is 1.17. The monoisotopic (exact) mass is 315 g/mol. The minimum absolute atomic E-state index is 0.0739. The summed E-state index contributed by atoms with van der Waals surface area (Å²) >= 11 is 0. The second-order valence-corrected chi connectivity index (χ2v) is 7.07. The Labute approximate surface area is 123 Å². The molecule has 2 rings (SSSR count). The van der Waals surface area contributed by atoms with Crippen molar-refractivity contribution in [3.63, 3.8) is 0 Å². The number of methoxy groups -OCH3 is 1. The smallest absolute Gasteiger partial charge is 0.309 e. The number of carbonyl (C=O) groups excluding carboxylic acids is 1. The van der Waals surface area contributed by atoms with E-state index in [1.54, 1.807) is 6.92 Å². The molecule has 0 spiro atoms. The third kappa shape index (κ3) is 3.24. The fourth-order valence-corrected chi connectivity index (χ4v) is 3.94. The number of esters is 1. The lowest BCUT2D eigenvalue weighted by Crippen LogP contribution is -2.42. The van der Waals surface area contributed by atoms with Gasteiger partial charge >= 0.3 is 5.97 Å². The lowest BCUT2D eigenvalue weighted by molar-refractivity contribution is -0.146. The maximum Gasteiger partial charge on any atom is 0.309 e. The van der Waals surface area contributed by atoms with Gasteiger partial charge in [0, 0.05) is 13.1 Å². The van der Waals surface area contributed by atoms with Gasteiger partial charge in [-0.05, 0) is 37.5 Å². The number of piperidine rings is 1. The number of ether oxygens (including phenoxy) is 1. The summed E-state index contributed by atoms with van der Waals surface area (Å²) in [7, 11) is -2.51. The van der Waals surface area contributed by atoms with Gasteiger partial charge in [0.15, 0.2) is 0 Å². The molecule has 21 heavy (non-hydrogen) atoms. The Kier molecular flexibility index (Phi) is 4.63. The Balaban J connectivity index is 2.26. The highest BCUT2D eigenvalue weighted by Crippen LogP contribution is 2.25. The summed E-state index contributed by atoms with van der Waals surface area (Å²) in [6, 6.07) is 3.84. The zero-order valence-electron chi connectivity index (χ0n) is 12.0. The van der Waals surface area contributed by atoms with Crippen molar-refractivity contribution in [2.24, 2.45) is 5.92 Å². The molecule has 1 unspecified atom stereocenters. The second kappa shape index (κ2) is 6.11. The molecule has 0 aromatic heterocycles. The average Bonchev–Trinajstić information content (AvgIpc) is 2.49. The predicted molar refractivity (Wildman–Crippen MR) is 74.6 cm³/mol. The Morgan fingerprint density at radius 3 is 2.76 bits per heavy atom. The van der Waals surface area contributed by atoms with E-state index in [0.29, 0.717) is 24.9 Å². The third-order valence-electron chi connectivity index (χ3n) is 3.70. The van der Waals surface area contributed by atoms with Crippen molar-refractivity contribution in [3.8, 4) is 0 Å². The van der Waals surface area contributed by atoms with Gasteiger partial charge in [0.1, 0.15) is 5.82 Å². The molecule has 116 valence electrons. The first-order chi connectivity index (χ1) is 9.86. The Bertz CT molecular complexity index is 644. The summed E-state index contributed by atoms with van der Waals surface area (Å²) in [5.41, 5.74) is 0.389. The van der Waals surface area contributed by atoms with Crippen molar-refractivity contribution in [1.82, 2.24) is 4.31 Å². The van der Waals surface area contributed by atoms with Crippen LogP contribution >= 0.6 is 0 Å². The van der Waals surface area contributed by atoms with E-state index in [0.717, 1.165) is 6.07 Å². The molecule has 0 aliphatic carbocycles. The Morgan fingerprint density at radius 2 is 2.14 bits per heavy atom. The van der Waals surface area contributed by atoms with Gasteiger partial charge in [-0.15, -0.1) is 0 Å². The lowest BCUT2D eigenvalue weighted by atomic mass is 10.0. The molecule has 1 atom stereocenters. The highest BCUT2D eigenvalue weighted by atomic mass is 32.2. The number of halogens is 1. The first kappa shape index (κ1) is 15.9. The van der Waals surface area contributed by atoms with Crippen LogP contribution in [0.3, 0.4) is 0 Å². The fraction of sp³-hybridized carbons (Fsp3) is 0.500. The highest BCUT2D eigenvalue weighted by Gasteiger charge is 2.33. The summed E-state index contributed by atoms with van der Waals surface area (Å²) in [5.74, 6) is -1.43. The van der Waals surface area contributed by atoms with E-state index in [4.69, 9.17) is 0 Å². The molecule has 0 saturated carbocycles. The van der Waals surface area contributed by atoms with Gasteiger partial charge in [-0.25, -0.2) is 12.8 Å². The molecule has 0 radical (unpaired) electrons. The van der Waals surface area contributed by atoms with Crippen LogP contribution in [-0.2, 0) is 19.6 Å². The molecule has 1 aromatic carbocycles. The van der Waals surface area contributed by atoms with Crippen molar-refractivity contribution >= 4 is 16.0 Å². The van der Waals surface area contributed by atoms with Crippen molar-refractivity contribution in [2.75, 3.05) is 20.2 Å². The zero-order valence-corrected chi connectivity index (χ0v) is 12.8. The van der Waals surface area contributed by atoms with Crippen molar-refractivity contribution in [2.45, 2.75) is 24.7 Å². The van der Waals surface area contributed by atoms with Gasteiger partial charge in [-0.2, -0.15) is 4.31 Å². The summed E-state index contributed by atoms with van der Waals surface area (Å²) in [4.78, 5) is 11.5. The molecule has 0 amide bonds. The van der Waals surface area contributed by atoms with Gasteiger partial charge in [0.2, 0.25) is 10.0 Å². The van der Waals surface area contributed by atoms with Crippen LogP contribution < -0.4 is 0 Å². The predicted octanol–water partition coefficient (Wildman–Crippen LogP) is 1.71. The van der Waals surface area contributed by atoms with Crippen LogP contribution in [0.25, 0.3) is 0 Å². The van der Waals surface area contributed by atoms with Gasteiger partial charge < -0.3 is 4.74 Å². The first-order valence-corrected chi connectivity index (χ1v) is 8.14. The van der Waals surface area contributed by atoms with Crippen LogP contribution in [0.15, 0.2) is 23.1 Å². The number of aryl methyl sites for hydroxylation is 1. The van der Waals surface area contributed by atoms with Crippen LogP contribution in [0.1, 0.15) is 18.4 Å². The van der Waals surface area contributed by atoms with Gasteiger partial charge in [-0.1, -0.05) is 6.07 Å². The van der Waals surface area contributed by atoms with Crippen LogP contribution in [0.4, 0.5) is 4.39 Å². The lowest BCUT2D eigenvalue weighted by Gasteiger charge is -2.30. The molecule has 1 fully saturated rings. The first-order valence-electron chi connectivity index (χ1n) is 6.70. The summed E-state index contributed by atoms with van der Waals surface area (Å²) in [6.45, 7) is 1.97. The fourth-order valence-electron chi connectivity index (χ4n) is 2.40. The van der Waals surface area contributed by atoms with E-state index in [1.807, 2.05) is 0 Å². The molecule has 1 saturated heterocycles. The molecule has 7 heteroatoms. The second-order valence-electron chi connectivity index (χ2n) is 5.14. The van der Waals surface area contributed by atoms with E-state index in [2.05, 4.69) is 4.74 Å². The molecular weight excluding hydrogens is 297 g/mol. The Morgan fingerprint density at radius 1 is 1.43 bits per heavy atom. The van der Waals surface area contributed by atoms with E-state index in [1.165, 1.54) is 23.5 Å². The normalized spacial score (nSPS) is 20.2.